The first-order valence-electron chi connectivity index (χ1n) is 9.59. The normalized spacial score (nSPS) is 24.5. The second-order valence-electron chi connectivity index (χ2n) is 7.45. The van der Waals surface area contributed by atoms with E-state index < -0.39 is 11.5 Å². The lowest BCUT2D eigenvalue weighted by Gasteiger charge is -2.35. The van der Waals surface area contributed by atoms with Crippen LogP contribution in [0.1, 0.15) is 38.5 Å². The number of carbonyl (C=O) groups excluding carboxylic acids is 1. The summed E-state index contributed by atoms with van der Waals surface area (Å²) in [6.45, 7) is 2.09. The molecule has 7 heteroatoms. The van der Waals surface area contributed by atoms with Crippen molar-refractivity contribution >= 4 is 24.0 Å². The fourth-order valence-electron chi connectivity index (χ4n) is 3.89. The lowest BCUT2D eigenvalue weighted by atomic mass is 9.78. The van der Waals surface area contributed by atoms with Crippen LogP contribution in [0.5, 0.6) is 5.75 Å². The Hall–Kier alpha value is -1.34. The molecular weight excluding hydrogens is 368 g/mol. The zero-order valence-electron chi connectivity index (χ0n) is 15.9. The minimum Gasteiger partial charge on any atom is -0.488 e. The van der Waals surface area contributed by atoms with E-state index >= 15 is 0 Å². The van der Waals surface area contributed by atoms with E-state index in [4.69, 9.17) is 9.47 Å². The van der Waals surface area contributed by atoms with E-state index in [9.17, 15) is 9.90 Å². The van der Waals surface area contributed by atoms with Crippen molar-refractivity contribution < 1.29 is 19.4 Å². The summed E-state index contributed by atoms with van der Waals surface area (Å²) in [6, 6.07) is 7.40. The van der Waals surface area contributed by atoms with Crippen LogP contribution in [-0.2, 0) is 9.53 Å². The molecule has 1 amide bonds. The lowest BCUT2D eigenvalue weighted by Crippen LogP contribution is -2.47. The molecule has 2 unspecified atom stereocenters. The molecular formula is C20H31ClN2O4. The number of amides is 1. The molecule has 0 aromatic heterocycles. The van der Waals surface area contributed by atoms with Crippen LogP contribution < -0.4 is 15.4 Å². The molecule has 0 radical (unpaired) electrons. The highest BCUT2D eigenvalue weighted by Gasteiger charge is 2.39. The van der Waals surface area contributed by atoms with Crippen molar-refractivity contribution in [3.8, 4) is 5.75 Å². The van der Waals surface area contributed by atoms with Gasteiger partial charge in [-0.3, -0.25) is 4.79 Å². The Balaban J connectivity index is 0.00000261. The zero-order valence-corrected chi connectivity index (χ0v) is 16.7. The molecule has 2 atom stereocenters. The quantitative estimate of drug-likeness (QED) is 0.686. The predicted octanol–water partition coefficient (Wildman–Crippen LogP) is 2.75. The molecule has 1 aliphatic carbocycles. The van der Waals surface area contributed by atoms with Gasteiger partial charge in [0.2, 0.25) is 5.91 Å². The van der Waals surface area contributed by atoms with Crippen LogP contribution in [0.2, 0.25) is 0 Å². The van der Waals surface area contributed by atoms with Gasteiger partial charge in [-0.25, -0.2) is 0 Å². The van der Waals surface area contributed by atoms with E-state index in [0.29, 0.717) is 6.61 Å². The van der Waals surface area contributed by atoms with Crippen molar-refractivity contribution in [2.24, 2.45) is 5.41 Å². The molecule has 3 N–H and O–H groups in total. The van der Waals surface area contributed by atoms with Crippen molar-refractivity contribution in [1.82, 2.24) is 5.32 Å². The van der Waals surface area contributed by atoms with E-state index in [0.717, 1.165) is 63.1 Å². The summed E-state index contributed by atoms with van der Waals surface area (Å²) in [5.74, 6) is 0.736. The number of rotatable bonds is 6. The number of benzene rings is 1. The summed E-state index contributed by atoms with van der Waals surface area (Å²) >= 11 is 0. The number of methoxy groups -OCH3 is 1. The molecule has 1 aliphatic heterocycles. The molecule has 152 valence electrons. The van der Waals surface area contributed by atoms with Gasteiger partial charge in [0.05, 0.1) is 18.1 Å². The topological polar surface area (TPSA) is 79.8 Å². The van der Waals surface area contributed by atoms with Crippen LogP contribution in [0.3, 0.4) is 0 Å². The van der Waals surface area contributed by atoms with Crippen molar-refractivity contribution in [3.05, 3.63) is 24.3 Å². The number of aliphatic hydroxyl groups is 1. The molecule has 0 bridgehead atoms. The number of halogens is 1. The van der Waals surface area contributed by atoms with Gasteiger partial charge in [-0.05, 0) is 69.5 Å². The molecule has 27 heavy (non-hydrogen) atoms. The Labute approximate surface area is 167 Å². The van der Waals surface area contributed by atoms with Gasteiger partial charge < -0.3 is 25.2 Å². The fourth-order valence-corrected chi connectivity index (χ4v) is 3.89. The second-order valence-corrected chi connectivity index (χ2v) is 7.45. The van der Waals surface area contributed by atoms with E-state index in [1.54, 1.807) is 7.11 Å². The van der Waals surface area contributed by atoms with E-state index in [1.807, 2.05) is 24.3 Å². The minimum absolute atomic E-state index is 0. The van der Waals surface area contributed by atoms with Crippen molar-refractivity contribution in [2.75, 3.05) is 32.1 Å². The molecule has 3 rings (SSSR count). The zero-order chi connectivity index (χ0) is 18.4. The average Bonchev–Trinajstić information content (AvgIpc) is 2.66. The molecule has 6 nitrogen and oxygen atoms in total. The molecule has 0 spiro atoms. The van der Waals surface area contributed by atoms with E-state index in [1.165, 1.54) is 0 Å². The monoisotopic (exact) mass is 398 g/mol. The van der Waals surface area contributed by atoms with Crippen molar-refractivity contribution in [1.29, 1.82) is 0 Å². The third kappa shape index (κ3) is 5.57. The maximum atomic E-state index is 12.8. The molecule has 1 aromatic carbocycles. The smallest absolute Gasteiger partial charge is 0.233 e. The van der Waals surface area contributed by atoms with Crippen molar-refractivity contribution in [2.45, 2.75) is 50.7 Å². The third-order valence-corrected chi connectivity index (χ3v) is 5.53. The highest BCUT2D eigenvalue weighted by atomic mass is 35.5. The summed E-state index contributed by atoms with van der Waals surface area (Å²) in [4.78, 5) is 12.8. The first-order chi connectivity index (χ1) is 12.6. The molecule has 1 saturated carbocycles. The van der Waals surface area contributed by atoms with Crippen LogP contribution in [0.25, 0.3) is 0 Å². The van der Waals surface area contributed by atoms with Gasteiger partial charge in [0, 0.05) is 12.8 Å². The predicted molar refractivity (Wildman–Crippen MR) is 108 cm³/mol. The summed E-state index contributed by atoms with van der Waals surface area (Å²) in [5, 5.41) is 16.3. The van der Waals surface area contributed by atoms with E-state index in [-0.39, 0.29) is 24.4 Å². The highest BCUT2D eigenvalue weighted by Crippen LogP contribution is 2.31. The number of carbonyl (C=O) groups is 1. The largest absolute Gasteiger partial charge is 0.488 e. The SMILES string of the molecule is COCC1(C(=O)Nc2ccc(OC3CCCCC3O)cc2)CCNCC1.Cl. The van der Waals surface area contributed by atoms with Crippen LogP contribution in [0.15, 0.2) is 24.3 Å². The Kier molecular flexibility index (Phi) is 8.35. The number of anilines is 1. The second kappa shape index (κ2) is 10.3. The van der Waals surface area contributed by atoms with Crippen LogP contribution in [0, 0.1) is 5.41 Å². The minimum atomic E-state index is -0.471. The molecule has 1 heterocycles. The molecule has 2 fully saturated rings. The van der Waals surface area contributed by atoms with Crippen LogP contribution >= 0.6 is 12.4 Å². The van der Waals surface area contributed by atoms with Crippen LogP contribution in [0.4, 0.5) is 5.69 Å². The summed E-state index contributed by atoms with van der Waals surface area (Å²) < 4.78 is 11.2. The number of aliphatic hydroxyl groups excluding tert-OH is 1. The lowest BCUT2D eigenvalue weighted by molar-refractivity contribution is -0.130. The van der Waals surface area contributed by atoms with Gasteiger partial charge >= 0.3 is 0 Å². The van der Waals surface area contributed by atoms with Gasteiger partial charge in [-0.1, -0.05) is 6.42 Å². The van der Waals surface area contributed by atoms with Gasteiger partial charge in [0.25, 0.3) is 0 Å². The van der Waals surface area contributed by atoms with Crippen molar-refractivity contribution in [3.63, 3.8) is 0 Å². The Morgan fingerprint density at radius 2 is 1.89 bits per heavy atom. The Morgan fingerprint density at radius 3 is 2.52 bits per heavy atom. The number of hydrogen-bond acceptors (Lipinski definition) is 5. The van der Waals surface area contributed by atoms with Gasteiger partial charge in [-0.2, -0.15) is 0 Å². The molecule has 1 saturated heterocycles. The van der Waals surface area contributed by atoms with E-state index in [2.05, 4.69) is 10.6 Å². The van der Waals surface area contributed by atoms with Gasteiger partial charge in [0.1, 0.15) is 11.9 Å². The molecule has 1 aromatic rings. The summed E-state index contributed by atoms with van der Waals surface area (Å²) in [5.41, 5.74) is 0.280. The summed E-state index contributed by atoms with van der Waals surface area (Å²) in [7, 11) is 1.64. The first kappa shape index (κ1) is 22.0. The first-order valence-corrected chi connectivity index (χ1v) is 9.59. The Bertz CT molecular complexity index is 585. The number of piperidine rings is 1. The highest BCUT2D eigenvalue weighted by molar-refractivity contribution is 5.95. The van der Waals surface area contributed by atoms with Gasteiger partial charge in [0.15, 0.2) is 0 Å². The average molecular weight is 399 g/mol. The number of ether oxygens (including phenoxy) is 2. The van der Waals surface area contributed by atoms with Gasteiger partial charge in [-0.15, -0.1) is 12.4 Å². The number of hydrogen-bond donors (Lipinski definition) is 3. The van der Waals surface area contributed by atoms with Crippen LogP contribution in [-0.4, -0.2) is 50.0 Å². The number of nitrogens with one attached hydrogen (secondary N) is 2. The molecule has 2 aliphatic rings. The summed E-state index contributed by atoms with van der Waals surface area (Å²) in [6.07, 6.45) is 4.85. The standard InChI is InChI=1S/C20H30N2O4.ClH/c1-25-14-20(10-12-21-13-11-20)19(24)22-15-6-8-16(9-7-15)26-18-5-3-2-4-17(18)23;/h6-9,17-18,21,23H,2-5,10-14H2,1H3,(H,22,24);1H. The third-order valence-electron chi connectivity index (χ3n) is 5.53. The maximum Gasteiger partial charge on any atom is 0.233 e. The fraction of sp³-hybridized carbons (Fsp3) is 0.650. The Morgan fingerprint density at radius 1 is 1.22 bits per heavy atom. The maximum absolute atomic E-state index is 12.8.